The largest absolute Gasteiger partial charge is 0.330 e. The Morgan fingerprint density at radius 2 is 2.22 bits per heavy atom. The van der Waals surface area contributed by atoms with E-state index < -0.39 is 0 Å². The second-order valence-corrected chi connectivity index (χ2v) is 5.17. The highest BCUT2D eigenvalue weighted by Crippen LogP contribution is 2.25. The second kappa shape index (κ2) is 5.72. The summed E-state index contributed by atoms with van der Waals surface area (Å²) in [7, 11) is 0. The van der Waals surface area contributed by atoms with E-state index in [9.17, 15) is 0 Å². The number of benzene rings is 1. The second-order valence-electron chi connectivity index (χ2n) is 4.76. The Morgan fingerprint density at radius 3 is 2.89 bits per heavy atom. The Labute approximate surface area is 113 Å². The van der Waals surface area contributed by atoms with Gasteiger partial charge in [0.15, 0.2) is 0 Å². The molecule has 0 radical (unpaired) electrons. The first-order valence-electron chi connectivity index (χ1n) is 6.51. The smallest absolute Gasteiger partial charge is 0.109 e. The SMILES string of the molecule is CCn1c(CCC(C)CN)nc2cccc(Cl)c21. The van der Waals surface area contributed by atoms with Crippen LogP contribution >= 0.6 is 11.6 Å². The molecule has 3 nitrogen and oxygen atoms in total. The van der Waals surface area contributed by atoms with E-state index >= 15 is 0 Å². The highest BCUT2D eigenvalue weighted by molar-refractivity contribution is 6.35. The Balaban J connectivity index is 2.36. The van der Waals surface area contributed by atoms with E-state index in [-0.39, 0.29) is 0 Å². The standard InChI is InChI=1S/C14H20ClN3/c1-3-18-13(8-7-10(2)9-16)17-12-6-4-5-11(15)14(12)18/h4-6,10H,3,7-9,16H2,1-2H3. The number of nitrogens with zero attached hydrogens (tertiary/aromatic N) is 2. The van der Waals surface area contributed by atoms with Gasteiger partial charge in [-0.05, 0) is 37.9 Å². The van der Waals surface area contributed by atoms with Gasteiger partial charge in [-0.15, -0.1) is 0 Å². The van der Waals surface area contributed by atoms with Crippen molar-refractivity contribution in [2.75, 3.05) is 6.54 Å². The zero-order valence-corrected chi connectivity index (χ0v) is 11.7. The molecule has 0 bridgehead atoms. The van der Waals surface area contributed by atoms with Crippen LogP contribution < -0.4 is 5.73 Å². The quantitative estimate of drug-likeness (QED) is 0.902. The molecule has 1 unspecified atom stereocenters. The summed E-state index contributed by atoms with van der Waals surface area (Å²) in [5.41, 5.74) is 7.70. The van der Waals surface area contributed by atoms with Gasteiger partial charge in [-0.2, -0.15) is 0 Å². The molecule has 1 atom stereocenters. The van der Waals surface area contributed by atoms with Gasteiger partial charge in [0.2, 0.25) is 0 Å². The van der Waals surface area contributed by atoms with Gasteiger partial charge in [-0.25, -0.2) is 4.98 Å². The third-order valence-electron chi connectivity index (χ3n) is 3.38. The number of imidazole rings is 1. The Hall–Kier alpha value is -1.06. The summed E-state index contributed by atoms with van der Waals surface area (Å²) in [4.78, 5) is 4.69. The van der Waals surface area contributed by atoms with Crippen molar-refractivity contribution in [1.82, 2.24) is 9.55 Å². The van der Waals surface area contributed by atoms with Gasteiger partial charge in [0.1, 0.15) is 5.82 Å². The molecule has 0 saturated heterocycles. The number of nitrogens with two attached hydrogens (primary N) is 1. The average Bonchev–Trinajstić information content (AvgIpc) is 2.74. The molecule has 1 aromatic carbocycles. The van der Waals surface area contributed by atoms with Crippen LogP contribution in [0.5, 0.6) is 0 Å². The molecule has 2 N–H and O–H groups in total. The van der Waals surface area contributed by atoms with Crippen molar-refractivity contribution in [2.24, 2.45) is 11.7 Å². The number of hydrogen-bond acceptors (Lipinski definition) is 2. The minimum atomic E-state index is 0.533. The highest BCUT2D eigenvalue weighted by Gasteiger charge is 2.12. The van der Waals surface area contributed by atoms with Gasteiger partial charge in [0.05, 0.1) is 16.1 Å². The van der Waals surface area contributed by atoms with Crippen LogP contribution in [0, 0.1) is 5.92 Å². The molecular weight excluding hydrogens is 246 g/mol. The summed E-state index contributed by atoms with van der Waals surface area (Å²) in [5, 5.41) is 0.778. The summed E-state index contributed by atoms with van der Waals surface area (Å²) >= 11 is 6.26. The number of hydrogen-bond donors (Lipinski definition) is 1. The zero-order valence-electron chi connectivity index (χ0n) is 11.0. The molecule has 0 fully saturated rings. The van der Waals surface area contributed by atoms with Crippen LogP contribution in [-0.2, 0) is 13.0 Å². The average molecular weight is 266 g/mol. The van der Waals surface area contributed by atoms with Crippen LogP contribution in [0.3, 0.4) is 0 Å². The number of rotatable bonds is 5. The van der Waals surface area contributed by atoms with Crippen molar-refractivity contribution >= 4 is 22.6 Å². The third-order valence-corrected chi connectivity index (χ3v) is 3.68. The summed E-state index contributed by atoms with van der Waals surface area (Å²) in [6.45, 7) is 5.92. The normalized spacial score (nSPS) is 13.1. The molecular formula is C14H20ClN3. The van der Waals surface area contributed by atoms with Crippen molar-refractivity contribution < 1.29 is 0 Å². The highest BCUT2D eigenvalue weighted by atomic mass is 35.5. The predicted molar refractivity (Wildman–Crippen MR) is 77.0 cm³/mol. The fourth-order valence-corrected chi connectivity index (χ4v) is 2.49. The van der Waals surface area contributed by atoms with Crippen LogP contribution in [-0.4, -0.2) is 16.1 Å². The Bertz CT molecular complexity index is 533. The fourth-order valence-electron chi connectivity index (χ4n) is 2.21. The van der Waals surface area contributed by atoms with Crippen molar-refractivity contribution in [3.8, 4) is 0 Å². The monoisotopic (exact) mass is 265 g/mol. The first-order chi connectivity index (χ1) is 8.67. The molecule has 1 aromatic heterocycles. The van der Waals surface area contributed by atoms with Crippen LogP contribution in [0.2, 0.25) is 5.02 Å². The van der Waals surface area contributed by atoms with E-state index in [1.165, 1.54) is 0 Å². The molecule has 0 aliphatic rings. The van der Waals surface area contributed by atoms with Crippen molar-refractivity contribution in [2.45, 2.75) is 33.2 Å². The van der Waals surface area contributed by atoms with E-state index in [0.717, 1.165) is 47.8 Å². The Morgan fingerprint density at radius 1 is 1.44 bits per heavy atom. The summed E-state index contributed by atoms with van der Waals surface area (Å²) in [6.07, 6.45) is 2.02. The Kier molecular flexibility index (Phi) is 4.25. The van der Waals surface area contributed by atoms with Crippen LogP contribution in [0.4, 0.5) is 0 Å². The third kappa shape index (κ3) is 2.52. The van der Waals surface area contributed by atoms with E-state index in [0.29, 0.717) is 5.92 Å². The molecule has 4 heteroatoms. The summed E-state index contributed by atoms with van der Waals surface area (Å²) < 4.78 is 2.21. The molecule has 18 heavy (non-hydrogen) atoms. The van der Waals surface area contributed by atoms with Crippen molar-refractivity contribution in [1.29, 1.82) is 0 Å². The number of aryl methyl sites for hydroxylation is 2. The zero-order chi connectivity index (χ0) is 13.1. The number of halogens is 1. The molecule has 2 aromatic rings. The van der Waals surface area contributed by atoms with Crippen LogP contribution in [0.25, 0.3) is 11.0 Å². The van der Waals surface area contributed by atoms with Crippen molar-refractivity contribution in [3.05, 3.63) is 29.0 Å². The van der Waals surface area contributed by atoms with Gasteiger partial charge >= 0.3 is 0 Å². The maximum Gasteiger partial charge on any atom is 0.109 e. The van der Waals surface area contributed by atoms with Gasteiger partial charge in [0, 0.05) is 13.0 Å². The molecule has 0 amide bonds. The van der Waals surface area contributed by atoms with Crippen LogP contribution in [0.15, 0.2) is 18.2 Å². The van der Waals surface area contributed by atoms with Gasteiger partial charge in [-0.1, -0.05) is 24.6 Å². The predicted octanol–water partition coefficient (Wildman–Crippen LogP) is 3.24. The lowest BCUT2D eigenvalue weighted by Crippen LogP contribution is -2.12. The van der Waals surface area contributed by atoms with Gasteiger partial charge in [0.25, 0.3) is 0 Å². The number of fused-ring (bicyclic) bond motifs is 1. The van der Waals surface area contributed by atoms with Gasteiger partial charge in [-0.3, -0.25) is 0 Å². The lowest BCUT2D eigenvalue weighted by Gasteiger charge is -2.09. The fraction of sp³-hybridized carbons (Fsp3) is 0.500. The molecule has 0 saturated carbocycles. The van der Waals surface area contributed by atoms with Crippen LogP contribution in [0.1, 0.15) is 26.1 Å². The molecule has 1 heterocycles. The first-order valence-corrected chi connectivity index (χ1v) is 6.88. The molecule has 0 spiro atoms. The van der Waals surface area contributed by atoms with Gasteiger partial charge < -0.3 is 10.3 Å². The lowest BCUT2D eigenvalue weighted by atomic mass is 10.1. The molecule has 0 aliphatic carbocycles. The summed E-state index contributed by atoms with van der Waals surface area (Å²) in [5.74, 6) is 1.64. The lowest BCUT2D eigenvalue weighted by molar-refractivity contribution is 0.527. The first kappa shape index (κ1) is 13.4. The summed E-state index contributed by atoms with van der Waals surface area (Å²) in [6, 6.07) is 5.89. The van der Waals surface area contributed by atoms with E-state index in [4.69, 9.17) is 17.3 Å². The van der Waals surface area contributed by atoms with E-state index in [2.05, 4.69) is 23.4 Å². The number of para-hydroxylation sites is 1. The maximum atomic E-state index is 6.26. The molecule has 2 rings (SSSR count). The topological polar surface area (TPSA) is 43.8 Å². The van der Waals surface area contributed by atoms with E-state index in [1.54, 1.807) is 0 Å². The minimum Gasteiger partial charge on any atom is -0.330 e. The minimum absolute atomic E-state index is 0.533. The van der Waals surface area contributed by atoms with Crippen molar-refractivity contribution in [3.63, 3.8) is 0 Å². The maximum absolute atomic E-state index is 6.26. The molecule has 0 aliphatic heterocycles. The van der Waals surface area contributed by atoms with E-state index in [1.807, 2.05) is 18.2 Å². The molecule has 98 valence electrons. The number of aromatic nitrogens is 2.